The summed E-state index contributed by atoms with van der Waals surface area (Å²) in [6, 6.07) is 6.09. The van der Waals surface area contributed by atoms with Crippen LogP contribution < -0.4 is 10.6 Å². The minimum Gasteiger partial charge on any atom is -0.352 e. The topological polar surface area (TPSA) is 90.1 Å². The maximum absolute atomic E-state index is 12.9. The first-order valence-electron chi connectivity index (χ1n) is 9.70. The first-order chi connectivity index (χ1) is 13.6. The van der Waals surface area contributed by atoms with Gasteiger partial charge in [0.25, 0.3) is 5.91 Å². The average Bonchev–Trinajstić information content (AvgIpc) is 3.17. The predicted molar refractivity (Wildman–Crippen MR) is 101 cm³/mol. The molecule has 0 atom stereocenters. The summed E-state index contributed by atoms with van der Waals surface area (Å²) >= 11 is 0. The highest BCUT2D eigenvalue weighted by Crippen LogP contribution is 2.22. The lowest BCUT2D eigenvalue weighted by atomic mass is 9.95. The molecule has 2 aliphatic heterocycles. The van der Waals surface area contributed by atoms with Gasteiger partial charge in [0.2, 0.25) is 5.91 Å². The molecule has 0 saturated carbocycles. The van der Waals surface area contributed by atoms with Crippen molar-refractivity contribution in [3.8, 4) is 0 Å². The van der Waals surface area contributed by atoms with Crippen LogP contribution in [0.15, 0.2) is 24.3 Å². The molecule has 0 radical (unpaired) electrons. The van der Waals surface area contributed by atoms with Crippen molar-refractivity contribution in [1.29, 1.82) is 0 Å². The van der Waals surface area contributed by atoms with Crippen molar-refractivity contribution in [2.24, 2.45) is 5.92 Å². The van der Waals surface area contributed by atoms with Crippen LogP contribution in [0.1, 0.15) is 40.2 Å². The third kappa shape index (κ3) is 3.91. The molecule has 1 aromatic heterocycles. The van der Waals surface area contributed by atoms with Crippen molar-refractivity contribution in [2.75, 3.05) is 19.6 Å². The fourth-order valence-corrected chi connectivity index (χ4v) is 3.83. The van der Waals surface area contributed by atoms with Crippen LogP contribution in [0.2, 0.25) is 0 Å². The number of H-pyrrole nitrogens is 1. The lowest BCUT2D eigenvalue weighted by Gasteiger charge is -2.31. The molecule has 1 saturated heterocycles. The Morgan fingerprint density at radius 1 is 1.21 bits per heavy atom. The minimum absolute atomic E-state index is 0.0160. The van der Waals surface area contributed by atoms with Gasteiger partial charge in [-0.25, -0.2) is 4.39 Å². The van der Waals surface area contributed by atoms with E-state index >= 15 is 0 Å². The zero-order valence-corrected chi connectivity index (χ0v) is 15.6. The molecule has 7 nitrogen and oxygen atoms in total. The number of nitrogens with zero attached hydrogens (tertiary/aromatic N) is 2. The maximum Gasteiger partial charge on any atom is 0.274 e. The number of halogens is 1. The Labute approximate surface area is 162 Å². The number of benzene rings is 1. The second-order valence-electron chi connectivity index (χ2n) is 7.37. The van der Waals surface area contributed by atoms with Crippen molar-refractivity contribution in [3.05, 3.63) is 52.6 Å². The molecule has 2 amide bonds. The van der Waals surface area contributed by atoms with Gasteiger partial charge in [0.15, 0.2) is 5.69 Å². The SMILES string of the molecule is O=C(NCc1ccc(F)cc1)C1CCN(C(=O)c2n[nH]c3c2CNCC3)CC1. The van der Waals surface area contributed by atoms with E-state index in [-0.39, 0.29) is 23.5 Å². The zero-order chi connectivity index (χ0) is 19.5. The molecule has 1 aromatic carbocycles. The molecule has 0 bridgehead atoms. The van der Waals surface area contributed by atoms with Gasteiger partial charge in [0.05, 0.1) is 0 Å². The summed E-state index contributed by atoms with van der Waals surface area (Å²) in [5.41, 5.74) is 3.37. The third-order valence-electron chi connectivity index (χ3n) is 5.54. The molecule has 0 spiro atoms. The minimum atomic E-state index is -0.291. The Kier molecular flexibility index (Phi) is 5.38. The summed E-state index contributed by atoms with van der Waals surface area (Å²) in [5, 5.41) is 13.4. The largest absolute Gasteiger partial charge is 0.352 e. The van der Waals surface area contributed by atoms with Crippen LogP contribution in [0.4, 0.5) is 4.39 Å². The van der Waals surface area contributed by atoms with Crippen molar-refractivity contribution < 1.29 is 14.0 Å². The lowest BCUT2D eigenvalue weighted by Crippen LogP contribution is -2.43. The summed E-state index contributed by atoms with van der Waals surface area (Å²) < 4.78 is 12.9. The third-order valence-corrected chi connectivity index (χ3v) is 5.54. The van der Waals surface area contributed by atoms with Gasteiger partial charge in [-0.1, -0.05) is 12.1 Å². The molecule has 0 aliphatic carbocycles. The van der Waals surface area contributed by atoms with Gasteiger partial charge in [-0.05, 0) is 30.5 Å². The van der Waals surface area contributed by atoms with E-state index in [0.717, 1.165) is 29.8 Å². The quantitative estimate of drug-likeness (QED) is 0.741. The number of aromatic nitrogens is 2. The van der Waals surface area contributed by atoms with Gasteiger partial charge in [0.1, 0.15) is 5.82 Å². The molecule has 2 aromatic rings. The number of hydrogen-bond acceptors (Lipinski definition) is 4. The van der Waals surface area contributed by atoms with E-state index in [4.69, 9.17) is 0 Å². The Morgan fingerprint density at radius 2 is 1.96 bits per heavy atom. The molecule has 3 heterocycles. The first-order valence-corrected chi connectivity index (χ1v) is 9.70. The fraction of sp³-hybridized carbons (Fsp3) is 0.450. The number of likely N-dealkylation sites (tertiary alicyclic amines) is 1. The van der Waals surface area contributed by atoms with E-state index < -0.39 is 0 Å². The normalized spacial score (nSPS) is 17.2. The van der Waals surface area contributed by atoms with Crippen molar-refractivity contribution in [3.63, 3.8) is 0 Å². The van der Waals surface area contributed by atoms with Crippen molar-refractivity contribution in [1.82, 2.24) is 25.7 Å². The number of rotatable bonds is 4. The molecule has 3 N–H and O–H groups in total. The van der Waals surface area contributed by atoms with Gasteiger partial charge >= 0.3 is 0 Å². The van der Waals surface area contributed by atoms with Crippen molar-refractivity contribution >= 4 is 11.8 Å². The number of hydrogen-bond donors (Lipinski definition) is 3. The van der Waals surface area contributed by atoms with Crippen LogP contribution >= 0.6 is 0 Å². The van der Waals surface area contributed by atoms with E-state index in [9.17, 15) is 14.0 Å². The molecular formula is C20H24FN5O2. The Hall–Kier alpha value is -2.74. The van der Waals surface area contributed by atoms with E-state index in [1.54, 1.807) is 17.0 Å². The van der Waals surface area contributed by atoms with E-state index in [1.165, 1.54) is 12.1 Å². The molecule has 2 aliphatic rings. The van der Waals surface area contributed by atoms with Crippen LogP contribution in [-0.2, 0) is 24.3 Å². The van der Waals surface area contributed by atoms with Gasteiger partial charge in [0, 0.05) is 56.3 Å². The summed E-state index contributed by atoms with van der Waals surface area (Å²) in [5.74, 6) is -0.482. The molecule has 28 heavy (non-hydrogen) atoms. The number of aromatic amines is 1. The van der Waals surface area contributed by atoms with Crippen LogP contribution in [-0.4, -0.2) is 46.5 Å². The Balaban J connectivity index is 1.29. The second-order valence-corrected chi connectivity index (χ2v) is 7.37. The maximum atomic E-state index is 12.9. The van der Waals surface area contributed by atoms with E-state index in [0.29, 0.717) is 44.7 Å². The highest BCUT2D eigenvalue weighted by molar-refractivity contribution is 5.94. The summed E-state index contributed by atoms with van der Waals surface area (Å²) in [4.78, 5) is 27.0. The van der Waals surface area contributed by atoms with Gasteiger partial charge in [-0.15, -0.1) is 0 Å². The number of carbonyl (C=O) groups excluding carboxylic acids is 2. The zero-order valence-electron chi connectivity index (χ0n) is 15.6. The van der Waals surface area contributed by atoms with Crippen LogP contribution in [0, 0.1) is 11.7 Å². The first kappa shape index (κ1) is 18.6. The Morgan fingerprint density at radius 3 is 2.71 bits per heavy atom. The molecule has 0 unspecified atom stereocenters. The molecule has 148 valence electrons. The molecule has 8 heteroatoms. The smallest absolute Gasteiger partial charge is 0.274 e. The second kappa shape index (κ2) is 8.10. The van der Waals surface area contributed by atoms with Gasteiger partial charge < -0.3 is 15.5 Å². The molecule has 4 rings (SSSR count). The number of carbonyl (C=O) groups is 2. The van der Waals surface area contributed by atoms with Crippen LogP contribution in [0.25, 0.3) is 0 Å². The van der Waals surface area contributed by atoms with Gasteiger partial charge in [-0.3, -0.25) is 14.7 Å². The highest BCUT2D eigenvalue weighted by atomic mass is 19.1. The average molecular weight is 385 g/mol. The summed E-state index contributed by atoms with van der Waals surface area (Å²) in [7, 11) is 0. The monoisotopic (exact) mass is 385 g/mol. The lowest BCUT2D eigenvalue weighted by molar-refractivity contribution is -0.126. The fourth-order valence-electron chi connectivity index (χ4n) is 3.83. The van der Waals surface area contributed by atoms with E-state index in [2.05, 4.69) is 20.8 Å². The molecule has 1 fully saturated rings. The Bertz CT molecular complexity index is 856. The molecular weight excluding hydrogens is 361 g/mol. The van der Waals surface area contributed by atoms with E-state index in [1.807, 2.05) is 0 Å². The number of amides is 2. The highest BCUT2D eigenvalue weighted by Gasteiger charge is 2.30. The van der Waals surface area contributed by atoms with Gasteiger partial charge in [-0.2, -0.15) is 5.10 Å². The summed E-state index contributed by atoms with van der Waals surface area (Å²) in [6.07, 6.45) is 2.11. The predicted octanol–water partition coefficient (Wildman–Crippen LogP) is 1.36. The van der Waals surface area contributed by atoms with Crippen LogP contribution in [0.5, 0.6) is 0 Å². The summed E-state index contributed by atoms with van der Waals surface area (Å²) in [6.45, 7) is 3.02. The van der Waals surface area contributed by atoms with Crippen LogP contribution in [0.3, 0.4) is 0 Å². The standard InChI is InChI=1S/C20H24FN5O2/c21-15-3-1-13(2-4-15)11-23-19(27)14-6-9-26(10-7-14)20(28)18-16-12-22-8-5-17(16)24-25-18/h1-4,14,22H,5-12H2,(H,23,27)(H,24,25). The number of nitrogens with one attached hydrogen (secondary N) is 3. The number of piperidine rings is 1. The van der Waals surface area contributed by atoms with Crippen molar-refractivity contribution in [2.45, 2.75) is 32.4 Å². The number of fused-ring (bicyclic) bond motifs is 1.